The fraction of sp³-hybridized carbons (Fsp3) is 0.417. The average molecular weight is 208 g/mol. The highest BCUT2D eigenvalue weighted by molar-refractivity contribution is 6.31. The fourth-order valence-electron chi connectivity index (χ4n) is 1.56. The Morgan fingerprint density at radius 2 is 1.79 bits per heavy atom. The van der Waals surface area contributed by atoms with Gasteiger partial charge >= 0.3 is 0 Å². The van der Waals surface area contributed by atoms with Crippen molar-refractivity contribution in [1.29, 1.82) is 5.26 Å². The fourth-order valence-corrected chi connectivity index (χ4v) is 1.72. The SMILES string of the molecule is Cc1cc(C)c(C(C)(C)C#N)cc1Cl. The number of nitrogens with zero attached hydrogens (tertiary/aromatic N) is 1. The van der Waals surface area contributed by atoms with Crippen molar-refractivity contribution in [1.82, 2.24) is 0 Å². The molecule has 0 saturated heterocycles. The van der Waals surface area contributed by atoms with Gasteiger partial charge in [0.15, 0.2) is 0 Å². The summed E-state index contributed by atoms with van der Waals surface area (Å²) in [4.78, 5) is 0. The van der Waals surface area contributed by atoms with Crippen molar-refractivity contribution in [3.8, 4) is 6.07 Å². The summed E-state index contributed by atoms with van der Waals surface area (Å²) in [5, 5.41) is 9.77. The van der Waals surface area contributed by atoms with Crippen molar-refractivity contribution in [2.75, 3.05) is 0 Å². The number of benzene rings is 1. The maximum Gasteiger partial charge on any atom is 0.0769 e. The van der Waals surface area contributed by atoms with Gasteiger partial charge in [-0.05, 0) is 50.5 Å². The highest BCUT2D eigenvalue weighted by Crippen LogP contribution is 2.29. The third-order valence-corrected chi connectivity index (χ3v) is 2.87. The number of aryl methyl sites for hydroxylation is 2. The Balaban J connectivity index is 3.38. The lowest BCUT2D eigenvalue weighted by molar-refractivity contribution is 0.681. The predicted octanol–water partition coefficient (Wildman–Crippen LogP) is 3.76. The minimum atomic E-state index is -0.471. The van der Waals surface area contributed by atoms with Gasteiger partial charge in [0.05, 0.1) is 11.5 Å². The van der Waals surface area contributed by atoms with Gasteiger partial charge in [0, 0.05) is 5.02 Å². The van der Waals surface area contributed by atoms with Crippen LogP contribution in [-0.2, 0) is 5.41 Å². The Labute approximate surface area is 90.3 Å². The van der Waals surface area contributed by atoms with Gasteiger partial charge in [0.2, 0.25) is 0 Å². The van der Waals surface area contributed by atoms with E-state index in [1.807, 2.05) is 39.8 Å². The zero-order valence-corrected chi connectivity index (χ0v) is 9.74. The van der Waals surface area contributed by atoms with Crippen LogP contribution >= 0.6 is 11.6 Å². The van der Waals surface area contributed by atoms with Crippen molar-refractivity contribution >= 4 is 11.6 Å². The molecule has 0 heterocycles. The molecule has 1 rings (SSSR count). The van der Waals surface area contributed by atoms with Gasteiger partial charge in [-0.2, -0.15) is 5.26 Å². The minimum absolute atomic E-state index is 0.471. The summed E-state index contributed by atoms with van der Waals surface area (Å²) < 4.78 is 0. The quantitative estimate of drug-likeness (QED) is 0.688. The Morgan fingerprint density at radius 3 is 2.29 bits per heavy atom. The number of hydrogen-bond acceptors (Lipinski definition) is 1. The molecule has 0 aliphatic carbocycles. The first-order chi connectivity index (χ1) is 6.38. The van der Waals surface area contributed by atoms with Crippen LogP contribution in [0, 0.1) is 25.2 Å². The normalized spacial score (nSPS) is 11.1. The number of halogens is 1. The Bertz CT molecular complexity index is 400. The van der Waals surface area contributed by atoms with Gasteiger partial charge in [-0.3, -0.25) is 0 Å². The topological polar surface area (TPSA) is 23.8 Å². The molecule has 0 aromatic heterocycles. The van der Waals surface area contributed by atoms with E-state index >= 15 is 0 Å². The summed E-state index contributed by atoms with van der Waals surface area (Å²) in [5.41, 5.74) is 2.72. The highest BCUT2D eigenvalue weighted by atomic mass is 35.5. The van der Waals surface area contributed by atoms with E-state index in [0.29, 0.717) is 0 Å². The van der Waals surface area contributed by atoms with Gasteiger partial charge in [-0.15, -0.1) is 0 Å². The predicted molar refractivity (Wildman–Crippen MR) is 59.6 cm³/mol. The monoisotopic (exact) mass is 207 g/mol. The van der Waals surface area contributed by atoms with Crippen LogP contribution in [0.15, 0.2) is 12.1 Å². The van der Waals surface area contributed by atoms with Crippen molar-refractivity contribution in [3.05, 3.63) is 33.8 Å². The van der Waals surface area contributed by atoms with Gasteiger partial charge < -0.3 is 0 Å². The maximum atomic E-state index is 9.04. The molecule has 0 spiro atoms. The molecular weight excluding hydrogens is 194 g/mol. The molecule has 0 bridgehead atoms. The second kappa shape index (κ2) is 3.63. The molecule has 0 radical (unpaired) electrons. The van der Waals surface area contributed by atoms with Gasteiger partial charge in [-0.1, -0.05) is 17.7 Å². The average Bonchev–Trinajstić information content (AvgIpc) is 2.11. The molecule has 2 heteroatoms. The zero-order valence-electron chi connectivity index (χ0n) is 8.98. The summed E-state index contributed by atoms with van der Waals surface area (Å²) >= 11 is 6.04. The molecule has 0 atom stereocenters. The number of nitriles is 1. The molecule has 0 unspecified atom stereocenters. The smallest absolute Gasteiger partial charge is 0.0769 e. The van der Waals surface area contributed by atoms with Crippen LogP contribution in [0.5, 0.6) is 0 Å². The number of hydrogen-bond donors (Lipinski definition) is 0. The van der Waals surface area contributed by atoms with Crippen LogP contribution in [-0.4, -0.2) is 0 Å². The maximum absolute atomic E-state index is 9.04. The molecule has 14 heavy (non-hydrogen) atoms. The number of rotatable bonds is 1. The highest BCUT2D eigenvalue weighted by Gasteiger charge is 2.22. The van der Waals surface area contributed by atoms with Crippen LogP contribution < -0.4 is 0 Å². The largest absolute Gasteiger partial charge is 0.197 e. The van der Waals surface area contributed by atoms with Crippen LogP contribution in [0.25, 0.3) is 0 Å². The van der Waals surface area contributed by atoms with E-state index in [4.69, 9.17) is 16.9 Å². The van der Waals surface area contributed by atoms with Gasteiger partial charge in [-0.25, -0.2) is 0 Å². The van der Waals surface area contributed by atoms with Crippen molar-refractivity contribution < 1.29 is 0 Å². The first kappa shape index (κ1) is 11.1. The third kappa shape index (κ3) is 1.91. The summed E-state index contributed by atoms with van der Waals surface area (Å²) in [6.07, 6.45) is 0. The van der Waals surface area contributed by atoms with Crippen LogP contribution in [0.4, 0.5) is 0 Å². The van der Waals surface area contributed by atoms with E-state index < -0.39 is 5.41 Å². The molecule has 0 fully saturated rings. The molecule has 0 aliphatic rings. The molecule has 1 nitrogen and oxygen atoms in total. The van der Waals surface area contributed by atoms with E-state index in [9.17, 15) is 0 Å². The Morgan fingerprint density at radius 1 is 1.21 bits per heavy atom. The first-order valence-corrected chi connectivity index (χ1v) is 4.95. The second-order valence-corrected chi connectivity index (χ2v) is 4.56. The van der Waals surface area contributed by atoms with E-state index in [-0.39, 0.29) is 0 Å². The molecule has 1 aromatic carbocycles. The molecular formula is C12H14ClN. The summed E-state index contributed by atoms with van der Waals surface area (Å²) in [6.45, 7) is 7.79. The van der Waals surface area contributed by atoms with Crippen molar-refractivity contribution in [2.45, 2.75) is 33.1 Å². The van der Waals surface area contributed by atoms with E-state index in [0.717, 1.165) is 21.7 Å². The zero-order chi connectivity index (χ0) is 10.9. The van der Waals surface area contributed by atoms with Crippen LogP contribution in [0.1, 0.15) is 30.5 Å². The van der Waals surface area contributed by atoms with E-state index in [1.54, 1.807) is 0 Å². The molecule has 0 aliphatic heterocycles. The summed E-state index contributed by atoms with van der Waals surface area (Å²) in [5.74, 6) is 0. The second-order valence-electron chi connectivity index (χ2n) is 4.15. The lowest BCUT2D eigenvalue weighted by Gasteiger charge is -2.19. The molecule has 74 valence electrons. The lowest BCUT2D eigenvalue weighted by atomic mass is 9.83. The standard InChI is InChI=1S/C12H14ClN/c1-8-5-9(2)11(13)6-10(8)12(3,4)7-14/h5-6H,1-4H3. The van der Waals surface area contributed by atoms with E-state index in [1.165, 1.54) is 0 Å². The summed E-state index contributed by atoms with van der Waals surface area (Å²) in [7, 11) is 0. The third-order valence-electron chi connectivity index (χ3n) is 2.46. The Kier molecular flexibility index (Phi) is 2.87. The van der Waals surface area contributed by atoms with E-state index in [2.05, 4.69) is 6.07 Å². The summed E-state index contributed by atoms with van der Waals surface area (Å²) in [6, 6.07) is 6.21. The van der Waals surface area contributed by atoms with Crippen molar-refractivity contribution in [2.24, 2.45) is 0 Å². The van der Waals surface area contributed by atoms with Crippen LogP contribution in [0.2, 0.25) is 5.02 Å². The molecule has 0 saturated carbocycles. The molecule has 1 aromatic rings. The van der Waals surface area contributed by atoms with Crippen molar-refractivity contribution in [3.63, 3.8) is 0 Å². The first-order valence-electron chi connectivity index (χ1n) is 4.57. The molecule has 0 N–H and O–H groups in total. The minimum Gasteiger partial charge on any atom is -0.197 e. The lowest BCUT2D eigenvalue weighted by Crippen LogP contribution is -2.15. The van der Waals surface area contributed by atoms with Gasteiger partial charge in [0.1, 0.15) is 0 Å². The Hall–Kier alpha value is -1.00. The van der Waals surface area contributed by atoms with Crippen LogP contribution in [0.3, 0.4) is 0 Å². The molecule has 0 amide bonds. The van der Waals surface area contributed by atoms with Gasteiger partial charge in [0.25, 0.3) is 0 Å².